The van der Waals surface area contributed by atoms with Gasteiger partial charge in [0.1, 0.15) is 5.82 Å². The van der Waals surface area contributed by atoms with E-state index in [1.807, 2.05) is 25.4 Å². The summed E-state index contributed by atoms with van der Waals surface area (Å²) >= 11 is 0. The van der Waals surface area contributed by atoms with Crippen LogP contribution in [0.4, 0.5) is 0 Å². The van der Waals surface area contributed by atoms with Crippen LogP contribution in [0.15, 0.2) is 65.9 Å². The third kappa shape index (κ3) is 2.86. The summed E-state index contributed by atoms with van der Waals surface area (Å²) in [6.45, 7) is 20.0. The van der Waals surface area contributed by atoms with Gasteiger partial charge in [0.2, 0.25) is 0 Å². The smallest absolute Gasteiger partial charge is 0.101 e. The fraction of sp³-hybridized carbons (Fsp3) is 0.389. The van der Waals surface area contributed by atoms with E-state index in [9.17, 15) is 0 Å². The molecule has 1 unspecified atom stereocenters. The van der Waals surface area contributed by atoms with Crippen molar-refractivity contribution in [3.8, 4) is 0 Å². The van der Waals surface area contributed by atoms with Gasteiger partial charge >= 0.3 is 0 Å². The van der Waals surface area contributed by atoms with Crippen LogP contribution >= 0.6 is 0 Å². The molecule has 0 amide bonds. The molecule has 0 saturated carbocycles. The predicted molar refractivity (Wildman–Crippen MR) is 94.0 cm³/mol. The van der Waals surface area contributed by atoms with Crippen molar-refractivity contribution in [2.24, 2.45) is 11.0 Å². The van der Waals surface area contributed by atoms with E-state index in [-0.39, 0.29) is 11.5 Å². The summed E-state index contributed by atoms with van der Waals surface area (Å²) in [5, 5.41) is 4.24. The summed E-state index contributed by atoms with van der Waals surface area (Å²) in [6.07, 6.45) is 7.57. The van der Waals surface area contributed by atoms with Gasteiger partial charge in [0, 0.05) is 31.2 Å². The molecule has 4 nitrogen and oxygen atoms in total. The van der Waals surface area contributed by atoms with E-state index in [1.54, 1.807) is 6.20 Å². The Kier molecular flexibility index (Phi) is 4.31. The zero-order chi connectivity index (χ0) is 16.5. The first-order chi connectivity index (χ1) is 10.3. The molecule has 2 aliphatic heterocycles. The Hall–Kier alpha value is -2.23. The summed E-state index contributed by atoms with van der Waals surface area (Å²) < 4.78 is 0. The summed E-state index contributed by atoms with van der Waals surface area (Å²) in [4.78, 5) is 4.39. The van der Waals surface area contributed by atoms with Crippen LogP contribution in [0.3, 0.4) is 0 Å². The van der Waals surface area contributed by atoms with Crippen molar-refractivity contribution < 1.29 is 0 Å². The maximum Gasteiger partial charge on any atom is 0.101 e. The topological polar surface area (TPSA) is 30.9 Å². The molecule has 4 heteroatoms. The van der Waals surface area contributed by atoms with Crippen molar-refractivity contribution in [2.75, 3.05) is 13.6 Å². The molecule has 0 bridgehead atoms. The number of nitrogens with one attached hydrogen (secondary N) is 1. The Balaban J connectivity index is 2.61. The minimum atomic E-state index is -0.0279. The molecule has 0 spiro atoms. The predicted octanol–water partition coefficient (Wildman–Crippen LogP) is 3.22. The van der Waals surface area contributed by atoms with Gasteiger partial charge in [-0.25, -0.2) is 0 Å². The van der Waals surface area contributed by atoms with Crippen LogP contribution in [-0.4, -0.2) is 35.1 Å². The van der Waals surface area contributed by atoms with E-state index >= 15 is 0 Å². The highest BCUT2D eigenvalue weighted by Gasteiger charge is 2.33. The van der Waals surface area contributed by atoms with Crippen LogP contribution in [0, 0.1) is 5.92 Å². The molecular weight excluding hydrogens is 272 g/mol. The average molecular weight is 298 g/mol. The Bertz CT molecular complexity index is 587. The van der Waals surface area contributed by atoms with Crippen molar-refractivity contribution in [2.45, 2.75) is 26.3 Å². The second-order valence-electron chi connectivity index (χ2n) is 6.64. The van der Waals surface area contributed by atoms with Gasteiger partial charge in [-0.1, -0.05) is 19.2 Å². The molecule has 0 saturated heterocycles. The van der Waals surface area contributed by atoms with Crippen LogP contribution in [0.25, 0.3) is 0 Å². The zero-order valence-corrected chi connectivity index (χ0v) is 14.1. The highest BCUT2D eigenvalue weighted by atomic mass is 15.4. The van der Waals surface area contributed by atoms with Crippen molar-refractivity contribution in [3.63, 3.8) is 0 Å². The maximum atomic E-state index is 4.30. The Morgan fingerprint density at radius 3 is 2.64 bits per heavy atom. The molecule has 0 radical (unpaired) electrons. The molecule has 0 aromatic heterocycles. The van der Waals surface area contributed by atoms with Gasteiger partial charge in [0.15, 0.2) is 0 Å². The second-order valence-corrected chi connectivity index (χ2v) is 6.64. The number of allylic oxidation sites excluding steroid dienone is 3. The van der Waals surface area contributed by atoms with Crippen LogP contribution in [0.2, 0.25) is 0 Å². The monoisotopic (exact) mass is 298 g/mol. The van der Waals surface area contributed by atoms with Crippen LogP contribution in [-0.2, 0) is 0 Å². The summed E-state index contributed by atoms with van der Waals surface area (Å²) in [5.74, 6) is 1.12. The quantitative estimate of drug-likeness (QED) is 0.754. The fourth-order valence-electron chi connectivity index (χ4n) is 2.87. The molecule has 2 rings (SSSR count). The third-order valence-electron chi connectivity index (χ3n) is 4.15. The molecule has 1 N–H and O–H groups in total. The normalized spacial score (nSPS) is 24.3. The first kappa shape index (κ1) is 16.1. The van der Waals surface area contributed by atoms with E-state index in [2.05, 4.69) is 60.8 Å². The molecule has 0 aliphatic carbocycles. The van der Waals surface area contributed by atoms with Gasteiger partial charge in [0.05, 0.1) is 11.9 Å². The lowest BCUT2D eigenvalue weighted by Crippen LogP contribution is -2.45. The average Bonchev–Trinajstić information content (AvgIpc) is 2.52. The summed E-state index contributed by atoms with van der Waals surface area (Å²) in [7, 11) is 2.02. The van der Waals surface area contributed by atoms with Gasteiger partial charge in [-0.2, -0.15) is 5.10 Å². The molecular formula is C18H26N4. The highest BCUT2D eigenvalue weighted by molar-refractivity contribution is 5.82. The molecule has 0 fully saturated rings. The van der Waals surface area contributed by atoms with E-state index in [0.717, 1.165) is 29.2 Å². The van der Waals surface area contributed by atoms with Crippen molar-refractivity contribution in [1.29, 1.82) is 0 Å². The minimum Gasteiger partial charge on any atom is -0.353 e. The summed E-state index contributed by atoms with van der Waals surface area (Å²) in [6, 6.07) is 0. The SMILES string of the molecule is C=CC1CN(C(C)(C)C)C(=C)N(C)C2=C1C(=C)/C=C\NN=C2. The number of rotatable bonds is 1. The van der Waals surface area contributed by atoms with Crippen LogP contribution < -0.4 is 5.43 Å². The lowest BCUT2D eigenvalue weighted by atomic mass is 9.90. The molecule has 0 aromatic rings. The molecule has 118 valence electrons. The standard InChI is InChI=1S/C18H26N4/c1-8-15-12-22(18(4,5)6)14(3)21(7)16-11-20-19-10-9-13(2)17(15)16/h8-11,15,19H,1-3,12H2,4-7H3/b10-9-,20-11?. The Labute approximate surface area is 133 Å². The summed E-state index contributed by atoms with van der Waals surface area (Å²) in [5.41, 5.74) is 5.97. The third-order valence-corrected chi connectivity index (χ3v) is 4.15. The number of nitrogens with zero attached hydrogens (tertiary/aromatic N) is 3. The Morgan fingerprint density at radius 2 is 2.05 bits per heavy atom. The maximum absolute atomic E-state index is 4.30. The minimum absolute atomic E-state index is 0.0279. The molecule has 1 atom stereocenters. The molecule has 2 heterocycles. The van der Waals surface area contributed by atoms with Gasteiger partial charge in [-0.15, -0.1) is 6.58 Å². The van der Waals surface area contributed by atoms with E-state index in [4.69, 9.17) is 0 Å². The van der Waals surface area contributed by atoms with Gasteiger partial charge in [-0.3, -0.25) is 5.43 Å². The Morgan fingerprint density at radius 1 is 1.36 bits per heavy atom. The van der Waals surface area contributed by atoms with E-state index in [0.29, 0.717) is 0 Å². The van der Waals surface area contributed by atoms with Crippen LogP contribution in [0.5, 0.6) is 0 Å². The van der Waals surface area contributed by atoms with Gasteiger partial charge in [-0.05, 0) is 38.0 Å². The lowest BCUT2D eigenvalue weighted by molar-refractivity contribution is 0.145. The van der Waals surface area contributed by atoms with Crippen molar-refractivity contribution in [1.82, 2.24) is 15.2 Å². The van der Waals surface area contributed by atoms with E-state index in [1.165, 1.54) is 0 Å². The number of hydrazone groups is 1. The highest BCUT2D eigenvalue weighted by Crippen LogP contribution is 2.35. The van der Waals surface area contributed by atoms with Crippen molar-refractivity contribution in [3.05, 3.63) is 60.8 Å². The number of hydrogen-bond donors (Lipinski definition) is 1. The first-order valence-electron chi connectivity index (χ1n) is 7.48. The first-order valence-corrected chi connectivity index (χ1v) is 7.48. The van der Waals surface area contributed by atoms with Gasteiger partial charge in [0.25, 0.3) is 0 Å². The zero-order valence-electron chi connectivity index (χ0n) is 14.1. The lowest BCUT2D eigenvalue weighted by Gasteiger charge is -2.41. The van der Waals surface area contributed by atoms with Crippen molar-refractivity contribution >= 4 is 6.21 Å². The van der Waals surface area contributed by atoms with Gasteiger partial charge < -0.3 is 9.80 Å². The van der Waals surface area contributed by atoms with Crippen LogP contribution in [0.1, 0.15) is 20.8 Å². The molecule has 22 heavy (non-hydrogen) atoms. The second kappa shape index (κ2) is 5.87. The molecule has 2 aliphatic rings. The largest absolute Gasteiger partial charge is 0.353 e. The number of hydrogen-bond acceptors (Lipinski definition) is 4. The van der Waals surface area contributed by atoms with E-state index < -0.39 is 0 Å². The fourth-order valence-corrected chi connectivity index (χ4v) is 2.87. The molecule has 0 aromatic carbocycles.